The van der Waals surface area contributed by atoms with E-state index in [9.17, 15) is 9.59 Å². The Morgan fingerprint density at radius 3 is 0.400 bits per heavy atom. The van der Waals surface area contributed by atoms with Crippen LogP contribution in [0.15, 0.2) is 0 Å². The zero-order chi connectivity index (χ0) is 112. The van der Waals surface area contributed by atoms with Gasteiger partial charge in [0.2, 0.25) is 62.6 Å². The Morgan fingerprint density at radius 2 is 0.290 bits per heavy atom. The molecule has 870 valence electrons. The highest BCUT2D eigenvalue weighted by atomic mass is 33.0. The molecule has 0 aromatic heterocycles. The Morgan fingerprint density at radius 1 is 0.179 bits per heavy atom. The van der Waals surface area contributed by atoms with Gasteiger partial charge in [-0.05, 0) is 277 Å². The van der Waals surface area contributed by atoms with E-state index in [1.54, 1.807) is 0 Å². The summed E-state index contributed by atoms with van der Waals surface area (Å²) in [5, 5.41) is 0. The summed E-state index contributed by atoms with van der Waals surface area (Å²) in [5.74, 6) is 7.40. The van der Waals surface area contributed by atoms with Crippen LogP contribution in [-0.2, 0) is 248 Å². The average molecular weight is 2680 g/mol. The highest BCUT2D eigenvalue weighted by Crippen LogP contribution is 2.73. The summed E-state index contributed by atoms with van der Waals surface area (Å²) in [4.78, 5) is 24.3. The molecule has 0 spiro atoms. The van der Waals surface area contributed by atoms with Crippen molar-refractivity contribution in [2.45, 2.75) is 316 Å². The van der Waals surface area contributed by atoms with Crippen molar-refractivity contribution in [3.05, 3.63) is 0 Å². The van der Waals surface area contributed by atoms with E-state index >= 15 is 0 Å². The van der Waals surface area contributed by atoms with Crippen molar-refractivity contribution in [3.8, 4) is 0 Å². The van der Waals surface area contributed by atoms with Crippen LogP contribution in [0.1, 0.15) is 255 Å². The number of hydrogen-bond acceptors (Lipinski definition) is 48. The molecular weight excluding hydrogens is 2500 g/mol. The second kappa shape index (κ2) is 82.5. The van der Waals surface area contributed by atoms with Crippen molar-refractivity contribution in [2.24, 2.45) is 71.0 Å². The first-order chi connectivity index (χ1) is 66.7. The Hall–Kier alpha value is 9.06. The standard InChI is InChI=1S/C54H115O16P7S14.C32H68O10P4S8/c1-40(2)26-57-71(78,58-27-41(3)4)86-34-48(17)67-76(83,68-49(18)35-87-72(79,59-28-42(5)6)60-29-43(7)8)90-38-52(21)65-75(82,85-25-24-54(55)56-23)66-53(22)39-91-77(84,69-50(19)36-88-73(80,61-30-44(9)10)62-31-45(11)12)70-51(20)37-89-74(81,63-32-46(13)14)64-33-47(15)16;1-24(2)17-35-43(47,36-18-25(3)4)52-21-29(11)41-46(50,42-30(12)22-53-44(48,37-19-26(5)6)38-20-27(7)8)54-23-31(13)40-45(49,39-28(9)10)51-16-15-32(33)34-14/h40-53H,24-39H2,1-23H3;24-31H,15-23H2,1-14H3. The number of methoxy groups -OCH3 is 2. The van der Waals surface area contributed by atoms with Gasteiger partial charge >= 0.3 is 11.9 Å². The van der Waals surface area contributed by atoms with E-state index in [1.807, 2.05) is 76.2 Å². The number of hydrogen-bond donors (Lipinski definition) is 0. The van der Waals surface area contributed by atoms with Gasteiger partial charge in [0.25, 0.3) is 0 Å². The van der Waals surface area contributed by atoms with Crippen LogP contribution in [0, 0.1) is 71.0 Å². The monoisotopic (exact) mass is 2680 g/mol. The Balaban J connectivity index is 0. The molecule has 0 fully saturated rings. The Kier molecular flexibility index (Phi) is 88.9. The van der Waals surface area contributed by atoms with E-state index in [2.05, 4.69) is 166 Å². The van der Waals surface area contributed by atoms with E-state index in [1.165, 1.54) is 139 Å². The van der Waals surface area contributed by atoms with Crippen LogP contribution in [0.2, 0.25) is 0 Å². The molecule has 0 amide bonds. The Labute approximate surface area is 981 Å². The van der Waals surface area contributed by atoms with Crippen LogP contribution in [0.3, 0.4) is 0 Å². The molecule has 59 heteroatoms. The van der Waals surface area contributed by atoms with E-state index < -0.39 is 99.3 Å². The van der Waals surface area contributed by atoms with E-state index in [4.69, 9.17) is 239 Å². The zero-order valence-electron chi connectivity index (χ0n) is 92.9. The predicted molar refractivity (Wildman–Crippen MR) is 688 cm³/mol. The van der Waals surface area contributed by atoms with Gasteiger partial charge in [0.05, 0.1) is 167 Å². The van der Waals surface area contributed by atoms with Crippen molar-refractivity contribution in [1.29, 1.82) is 0 Å². The van der Waals surface area contributed by atoms with Crippen molar-refractivity contribution in [3.63, 3.8) is 0 Å². The molecule has 0 aliphatic rings. The van der Waals surface area contributed by atoms with Gasteiger partial charge in [-0.3, -0.25) is 9.59 Å². The van der Waals surface area contributed by atoms with E-state index in [-0.39, 0.29) is 96.5 Å². The zero-order valence-corrected chi connectivity index (χ0v) is 121. The molecule has 0 aliphatic heterocycles. The molecule has 0 saturated heterocycles. The summed E-state index contributed by atoms with van der Waals surface area (Å²) in [6.07, 6.45) is -3.55. The van der Waals surface area contributed by atoms with E-state index in [0.717, 1.165) is 0 Å². The molecule has 10 atom stereocenters. The third-order valence-electron chi connectivity index (χ3n) is 15.7. The van der Waals surface area contributed by atoms with Crippen LogP contribution in [0.4, 0.5) is 0 Å². The lowest BCUT2D eigenvalue weighted by atomic mass is 10.2. The fraction of sp³-hybridized carbons (Fsp3) is 0.977. The lowest BCUT2D eigenvalue weighted by molar-refractivity contribution is -0.140. The molecule has 0 aliphatic carbocycles. The minimum Gasteiger partial charge on any atom is -0.469 e. The molecule has 0 N–H and O–H groups in total. The van der Waals surface area contributed by atoms with Crippen LogP contribution < -0.4 is 0 Å². The molecule has 0 heterocycles. The average Bonchev–Trinajstić information content (AvgIpc) is 0.840. The van der Waals surface area contributed by atoms with Gasteiger partial charge < -0.3 is 109 Å². The number of esters is 2. The number of ether oxygens (including phenoxy) is 2. The van der Waals surface area contributed by atoms with Gasteiger partial charge in [-0.2, -0.15) is 0 Å². The predicted octanol–water partition coefficient (Wildman–Crippen LogP) is 34.8. The lowest BCUT2D eigenvalue weighted by Crippen LogP contribution is -2.18. The molecular formula is C86H183O26P11S22. The smallest absolute Gasteiger partial charge is 0.306 e. The van der Waals surface area contributed by atoms with Gasteiger partial charge in [-0.15, -0.1) is 0 Å². The lowest BCUT2D eigenvalue weighted by Gasteiger charge is -2.32. The van der Waals surface area contributed by atoms with Gasteiger partial charge in [0.15, 0.2) is 0 Å². The second-order valence-electron chi connectivity index (χ2n) is 39.6. The minimum atomic E-state index is -3.25. The van der Waals surface area contributed by atoms with Crippen molar-refractivity contribution in [2.75, 3.05) is 157 Å². The highest BCUT2D eigenvalue weighted by molar-refractivity contribution is 8.72. The molecule has 0 radical (unpaired) electrons. The summed E-state index contributed by atoms with van der Waals surface area (Å²) in [5.41, 5.74) is -31.6. The summed E-state index contributed by atoms with van der Waals surface area (Å²) in [6.45, 7) is 77.3. The maximum absolute atomic E-state index is 12.5. The number of carbonyl (C=O) groups is 2. The highest BCUT2D eigenvalue weighted by Gasteiger charge is 2.39. The molecule has 0 rings (SSSR count). The molecule has 0 saturated carbocycles. The maximum Gasteiger partial charge on any atom is 0.306 e. The van der Waals surface area contributed by atoms with Crippen LogP contribution in [0.25, 0.3) is 0 Å². The fourth-order valence-electron chi connectivity index (χ4n) is 8.95. The van der Waals surface area contributed by atoms with Gasteiger partial charge in [0, 0.05) is 63.3 Å². The van der Waals surface area contributed by atoms with Crippen molar-refractivity contribution >= 4 is 330 Å². The third-order valence-corrected chi connectivity index (χ3v) is 76.1. The first kappa shape index (κ1) is 156. The molecule has 0 bridgehead atoms. The summed E-state index contributed by atoms with van der Waals surface area (Å²) in [6, 6.07) is 0. The SMILES string of the molecule is COC(=O)CCSP(=S)(OC(C)C)OC(C)CSP(=S)(OC(C)CSP(=S)(OCC(C)C)OCC(C)C)OC(C)CSP(=S)(OCC(C)C)OCC(C)C.COC(=O)CCSP(=S)(OC(C)CSP(=S)(OC(C)CSP(=S)(OCC(C)C)OCC(C)C)OC(C)CSP(=S)(OCC(C)C)OCC(C)C)OC(C)CSP(=S)(OC(C)CSP(=S)(OCC(C)C)OCC(C)C)OC(C)CSP(=S)(OCC(C)C)OCC(C)C. The maximum atomic E-state index is 12.5. The van der Waals surface area contributed by atoms with Gasteiger partial charge in [0.1, 0.15) is 0 Å². The largest absolute Gasteiger partial charge is 0.469 e. The third kappa shape index (κ3) is 84.7. The van der Waals surface area contributed by atoms with Crippen molar-refractivity contribution < 1.29 is 119 Å². The van der Waals surface area contributed by atoms with Gasteiger partial charge in [-0.25, -0.2) is 0 Å². The first-order valence-electron chi connectivity index (χ1n) is 49.2. The molecule has 0 aromatic carbocycles. The normalized spacial score (nSPS) is 17.2. The van der Waals surface area contributed by atoms with E-state index in [0.29, 0.717) is 166 Å². The van der Waals surface area contributed by atoms with Gasteiger partial charge in [-0.1, -0.05) is 291 Å². The molecule has 145 heavy (non-hydrogen) atoms. The Bertz CT molecular complexity index is 3660. The second-order valence-corrected chi connectivity index (χ2v) is 109. The number of carbonyl (C=O) groups excluding carboxylic acids is 2. The number of rotatable bonds is 91. The molecule has 0 aromatic rings. The van der Waals surface area contributed by atoms with Crippen molar-refractivity contribution in [1.82, 2.24) is 0 Å². The van der Waals surface area contributed by atoms with Crippen LogP contribution >= 0.6 is 188 Å². The molecule has 26 nitrogen and oxygen atoms in total. The van der Waals surface area contributed by atoms with Crippen LogP contribution in [-0.4, -0.2) is 230 Å². The first-order valence-corrected chi connectivity index (χ1v) is 95.7. The summed E-state index contributed by atoms with van der Waals surface area (Å²) >= 11 is 83.3. The van der Waals surface area contributed by atoms with Crippen LogP contribution in [0.5, 0.6) is 0 Å². The fourth-order valence-corrected chi connectivity index (χ4v) is 64.7. The molecule has 10 unspecified atom stereocenters. The summed E-state index contributed by atoms with van der Waals surface area (Å²) in [7, 11) is 2.72. The topological polar surface area (TPSA) is 256 Å². The quantitative estimate of drug-likeness (QED) is 0.0405. The minimum absolute atomic E-state index is 0.0939. The summed E-state index contributed by atoms with van der Waals surface area (Å²) < 4.78 is 152.